The first-order chi connectivity index (χ1) is 8.97. The van der Waals surface area contributed by atoms with Crippen molar-refractivity contribution in [1.29, 1.82) is 0 Å². The van der Waals surface area contributed by atoms with Gasteiger partial charge in [0.1, 0.15) is 5.75 Å². The van der Waals surface area contributed by atoms with Crippen molar-refractivity contribution in [1.82, 2.24) is 9.78 Å². The number of rotatable bonds is 4. The number of phenols is 1. The van der Waals surface area contributed by atoms with Gasteiger partial charge in [0.25, 0.3) is 0 Å². The zero-order valence-corrected chi connectivity index (χ0v) is 12.1. The molecule has 4 nitrogen and oxygen atoms in total. The summed E-state index contributed by atoms with van der Waals surface area (Å²) in [6, 6.07) is 5.09. The number of nitrogens with one attached hydrogen (secondary N) is 1. The number of phenolic OH excluding ortho intramolecular Hbond substituents is 1. The van der Waals surface area contributed by atoms with Crippen molar-refractivity contribution in [2.24, 2.45) is 7.05 Å². The van der Waals surface area contributed by atoms with Crippen LogP contribution in [0.5, 0.6) is 5.75 Å². The summed E-state index contributed by atoms with van der Waals surface area (Å²) in [5.74, 6) is 0.484. The molecule has 0 fully saturated rings. The number of nitrogens with zero attached hydrogens (tertiary/aromatic N) is 2. The molecule has 0 spiro atoms. The smallest absolute Gasteiger partial charge is 0.134 e. The fourth-order valence-corrected chi connectivity index (χ4v) is 2.17. The lowest BCUT2D eigenvalue weighted by Crippen LogP contribution is -2.02. The van der Waals surface area contributed by atoms with Crippen molar-refractivity contribution in [3.8, 4) is 5.75 Å². The molecule has 102 valence electrons. The lowest BCUT2D eigenvalue weighted by Gasteiger charge is -2.09. The number of hydrogen-bond donors (Lipinski definition) is 2. The summed E-state index contributed by atoms with van der Waals surface area (Å²) in [6.07, 6.45) is 2.02. The highest BCUT2D eigenvalue weighted by Gasteiger charge is 2.11. The number of hydrogen-bond acceptors (Lipinski definition) is 3. The lowest BCUT2D eigenvalue weighted by atomic mass is 10.1. The van der Waals surface area contributed by atoms with E-state index in [1.54, 1.807) is 18.2 Å². The van der Waals surface area contributed by atoms with Crippen molar-refractivity contribution < 1.29 is 5.11 Å². The van der Waals surface area contributed by atoms with Gasteiger partial charge in [0.15, 0.2) is 0 Å². The SMILES string of the molecule is CC(C)c1nn(C)cc1CNc1ccc(O)c(Cl)c1. The Balaban J connectivity index is 2.12. The van der Waals surface area contributed by atoms with Gasteiger partial charge in [-0.2, -0.15) is 5.10 Å². The van der Waals surface area contributed by atoms with Crippen LogP contribution in [-0.4, -0.2) is 14.9 Å². The van der Waals surface area contributed by atoms with E-state index in [9.17, 15) is 5.11 Å². The molecule has 2 N–H and O–H groups in total. The van der Waals surface area contributed by atoms with Crippen LogP contribution in [0.25, 0.3) is 0 Å². The first-order valence-corrected chi connectivity index (χ1v) is 6.60. The lowest BCUT2D eigenvalue weighted by molar-refractivity contribution is 0.475. The first kappa shape index (κ1) is 13.7. The van der Waals surface area contributed by atoms with E-state index in [1.165, 1.54) is 5.56 Å². The van der Waals surface area contributed by atoms with Crippen molar-refractivity contribution in [3.05, 3.63) is 40.7 Å². The Morgan fingerprint density at radius 2 is 2.16 bits per heavy atom. The summed E-state index contributed by atoms with van der Waals surface area (Å²) in [5.41, 5.74) is 3.14. The van der Waals surface area contributed by atoms with Crippen LogP contribution in [-0.2, 0) is 13.6 Å². The van der Waals surface area contributed by atoms with Gasteiger partial charge in [-0.3, -0.25) is 4.68 Å². The van der Waals surface area contributed by atoms with Gasteiger partial charge in [0.05, 0.1) is 10.7 Å². The molecule has 0 saturated heterocycles. The number of anilines is 1. The summed E-state index contributed by atoms with van der Waals surface area (Å²) in [5, 5.41) is 17.5. The highest BCUT2D eigenvalue weighted by atomic mass is 35.5. The number of aryl methyl sites for hydroxylation is 1. The molecule has 2 aromatic rings. The van der Waals surface area contributed by atoms with Crippen LogP contribution in [0, 0.1) is 0 Å². The van der Waals surface area contributed by atoms with Crippen LogP contribution in [0.3, 0.4) is 0 Å². The topological polar surface area (TPSA) is 50.1 Å². The quantitative estimate of drug-likeness (QED) is 0.842. The van der Waals surface area contributed by atoms with Crippen LogP contribution >= 0.6 is 11.6 Å². The van der Waals surface area contributed by atoms with Crippen LogP contribution < -0.4 is 5.32 Å². The third kappa shape index (κ3) is 3.20. The molecule has 0 saturated carbocycles. The first-order valence-electron chi connectivity index (χ1n) is 6.22. The van der Waals surface area contributed by atoms with Crippen molar-refractivity contribution in [2.45, 2.75) is 26.3 Å². The van der Waals surface area contributed by atoms with Crippen LogP contribution in [0.2, 0.25) is 5.02 Å². The van der Waals surface area contributed by atoms with E-state index in [4.69, 9.17) is 11.6 Å². The maximum Gasteiger partial charge on any atom is 0.134 e. The van der Waals surface area contributed by atoms with Gasteiger partial charge in [-0.15, -0.1) is 0 Å². The fourth-order valence-electron chi connectivity index (χ4n) is 1.99. The van der Waals surface area contributed by atoms with E-state index in [-0.39, 0.29) is 5.75 Å². The van der Waals surface area contributed by atoms with Crippen LogP contribution in [0.15, 0.2) is 24.4 Å². The average Bonchev–Trinajstić information content (AvgIpc) is 2.72. The zero-order valence-electron chi connectivity index (χ0n) is 11.3. The predicted molar refractivity (Wildman–Crippen MR) is 77.7 cm³/mol. The Kier molecular flexibility index (Phi) is 4.00. The average molecular weight is 280 g/mol. The second kappa shape index (κ2) is 5.53. The summed E-state index contributed by atoms with van der Waals surface area (Å²) >= 11 is 5.87. The van der Waals surface area contributed by atoms with E-state index < -0.39 is 0 Å². The number of halogens is 1. The maximum absolute atomic E-state index is 9.38. The molecule has 0 bridgehead atoms. The summed E-state index contributed by atoms with van der Waals surface area (Å²) in [4.78, 5) is 0. The molecule has 0 aliphatic heterocycles. The van der Waals surface area contributed by atoms with Crippen LogP contribution in [0.4, 0.5) is 5.69 Å². The van der Waals surface area contributed by atoms with Crippen molar-refractivity contribution in [2.75, 3.05) is 5.32 Å². The molecule has 0 radical (unpaired) electrons. The summed E-state index contributed by atoms with van der Waals surface area (Å²) < 4.78 is 1.83. The van der Waals surface area contributed by atoms with Crippen molar-refractivity contribution >= 4 is 17.3 Å². The molecule has 0 unspecified atom stereocenters. The standard InChI is InChI=1S/C14H18ClN3O/c1-9(2)14-10(8-18(3)17-14)7-16-11-4-5-13(19)12(15)6-11/h4-6,8-9,16,19H,7H2,1-3H3. The maximum atomic E-state index is 9.38. The van der Waals surface area contributed by atoms with Gasteiger partial charge in [-0.1, -0.05) is 25.4 Å². The number of aromatic nitrogens is 2. The molecule has 2 rings (SSSR count). The van der Waals surface area contributed by atoms with E-state index in [0.29, 0.717) is 17.5 Å². The Morgan fingerprint density at radius 1 is 1.42 bits per heavy atom. The molecule has 0 aliphatic carbocycles. The van der Waals surface area contributed by atoms with Gasteiger partial charge >= 0.3 is 0 Å². The largest absolute Gasteiger partial charge is 0.506 e. The minimum Gasteiger partial charge on any atom is -0.506 e. The molecular formula is C14H18ClN3O. The summed E-state index contributed by atoms with van der Waals surface area (Å²) in [7, 11) is 1.92. The van der Waals surface area contributed by atoms with Gasteiger partial charge in [0, 0.05) is 31.0 Å². The van der Waals surface area contributed by atoms with E-state index in [0.717, 1.165) is 11.4 Å². The molecule has 0 amide bonds. The molecule has 0 aliphatic rings. The van der Waals surface area contributed by atoms with Gasteiger partial charge < -0.3 is 10.4 Å². The van der Waals surface area contributed by atoms with Gasteiger partial charge in [0.2, 0.25) is 0 Å². The Morgan fingerprint density at radius 3 is 2.79 bits per heavy atom. The number of benzene rings is 1. The monoisotopic (exact) mass is 279 g/mol. The third-order valence-corrected chi connectivity index (χ3v) is 3.22. The Labute approximate surface area is 118 Å². The third-order valence-electron chi connectivity index (χ3n) is 2.91. The molecule has 19 heavy (non-hydrogen) atoms. The normalized spacial score (nSPS) is 11.0. The van der Waals surface area contributed by atoms with Crippen LogP contribution in [0.1, 0.15) is 31.0 Å². The van der Waals surface area contributed by atoms with Gasteiger partial charge in [-0.05, 0) is 24.1 Å². The predicted octanol–water partition coefficient (Wildman–Crippen LogP) is 3.51. The van der Waals surface area contributed by atoms with E-state index in [2.05, 4.69) is 24.3 Å². The van der Waals surface area contributed by atoms with E-state index in [1.807, 2.05) is 17.9 Å². The zero-order chi connectivity index (χ0) is 14.0. The highest BCUT2D eigenvalue weighted by Crippen LogP contribution is 2.26. The van der Waals surface area contributed by atoms with Crippen molar-refractivity contribution in [3.63, 3.8) is 0 Å². The fraction of sp³-hybridized carbons (Fsp3) is 0.357. The molecule has 0 atom stereocenters. The molecule has 1 aromatic heterocycles. The molecule has 5 heteroatoms. The molecule has 1 heterocycles. The highest BCUT2D eigenvalue weighted by molar-refractivity contribution is 6.32. The second-order valence-corrected chi connectivity index (χ2v) is 5.29. The second-order valence-electron chi connectivity index (χ2n) is 4.89. The summed E-state index contributed by atoms with van der Waals surface area (Å²) in [6.45, 7) is 4.94. The molecular weight excluding hydrogens is 262 g/mol. The minimum atomic E-state index is 0.0939. The van der Waals surface area contributed by atoms with E-state index >= 15 is 0 Å². The Hall–Kier alpha value is -1.68. The van der Waals surface area contributed by atoms with Gasteiger partial charge in [-0.25, -0.2) is 0 Å². The number of aromatic hydroxyl groups is 1. The molecule has 1 aromatic carbocycles. The minimum absolute atomic E-state index is 0.0939. The Bertz CT molecular complexity index is 578.